The first-order valence-corrected chi connectivity index (χ1v) is 11.2. The van der Waals surface area contributed by atoms with Crippen molar-refractivity contribution in [1.29, 1.82) is 0 Å². The normalized spacial score (nSPS) is 15.3. The highest BCUT2D eigenvalue weighted by molar-refractivity contribution is 7.89. The Morgan fingerprint density at radius 2 is 1.68 bits per heavy atom. The van der Waals surface area contributed by atoms with Gasteiger partial charge in [-0.3, -0.25) is 20.4 Å². The number of hydrazine groups is 1. The van der Waals surface area contributed by atoms with E-state index in [0.717, 1.165) is 5.56 Å². The zero-order valence-corrected chi connectivity index (χ0v) is 18.3. The minimum absolute atomic E-state index is 0.00771. The summed E-state index contributed by atoms with van der Waals surface area (Å²) in [6.45, 7) is 5.24. The molecule has 0 saturated carbocycles. The maximum atomic E-state index is 12.6. The van der Waals surface area contributed by atoms with E-state index in [1.165, 1.54) is 0 Å². The van der Waals surface area contributed by atoms with Crippen LogP contribution in [-0.4, -0.2) is 39.5 Å². The van der Waals surface area contributed by atoms with Gasteiger partial charge in [0.1, 0.15) is 6.61 Å². The van der Waals surface area contributed by atoms with Gasteiger partial charge < -0.3 is 9.47 Å². The highest BCUT2D eigenvalue weighted by Gasteiger charge is 2.27. The molecule has 9 nitrogen and oxygen atoms in total. The van der Waals surface area contributed by atoms with E-state index in [-0.39, 0.29) is 24.5 Å². The van der Waals surface area contributed by atoms with E-state index in [9.17, 15) is 18.0 Å². The van der Waals surface area contributed by atoms with Crippen molar-refractivity contribution in [1.82, 2.24) is 15.6 Å². The van der Waals surface area contributed by atoms with Gasteiger partial charge in [0.05, 0.1) is 4.90 Å². The summed E-state index contributed by atoms with van der Waals surface area (Å²) in [7, 11) is -3.76. The third kappa shape index (κ3) is 5.53. The monoisotopic (exact) mass is 447 g/mol. The Morgan fingerprint density at radius 1 is 1.03 bits per heavy atom. The van der Waals surface area contributed by atoms with Crippen molar-refractivity contribution in [3.05, 3.63) is 53.1 Å². The molecular formula is C21H25N3O6S. The van der Waals surface area contributed by atoms with Crippen molar-refractivity contribution < 1.29 is 27.5 Å². The number of carbonyl (C=O) groups is 2. The fourth-order valence-corrected chi connectivity index (χ4v) is 4.87. The highest BCUT2D eigenvalue weighted by Crippen LogP contribution is 2.30. The van der Waals surface area contributed by atoms with Crippen LogP contribution >= 0.6 is 0 Å². The number of carbonyl (C=O) groups excluding carboxylic acids is 2. The zero-order chi connectivity index (χ0) is 22.6. The molecule has 1 unspecified atom stereocenters. The minimum atomic E-state index is -3.76. The predicted molar refractivity (Wildman–Crippen MR) is 113 cm³/mol. The molecule has 0 fully saturated rings. The van der Waals surface area contributed by atoms with Crippen molar-refractivity contribution in [3.8, 4) is 11.5 Å². The van der Waals surface area contributed by atoms with E-state index in [0.29, 0.717) is 22.6 Å². The lowest BCUT2D eigenvalue weighted by molar-refractivity contribution is -0.135. The number of nitrogens with one attached hydrogen (secondary N) is 3. The lowest BCUT2D eigenvalue weighted by Crippen LogP contribution is -2.51. The van der Waals surface area contributed by atoms with Gasteiger partial charge in [0.15, 0.2) is 11.5 Å². The Morgan fingerprint density at radius 3 is 2.35 bits per heavy atom. The summed E-state index contributed by atoms with van der Waals surface area (Å²) in [6.07, 6.45) is -1.07. The van der Waals surface area contributed by atoms with Gasteiger partial charge in [-0.15, -0.1) is 0 Å². The standard InChI is InChI=1S/C21H25N3O6S/c1-13-10-14(2)20(15(3)11-13)31(27,28)22-9-8-19(25)23-24-21(26)18-12-29-16-6-4-5-7-17(16)30-18/h4-7,10-11,18,22H,8-9,12H2,1-3H3,(H,23,25)(H,24,26). The van der Waals surface area contributed by atoms with E-state index in [4.69, 9.17) is 9.47 Å². The summed E-state index contributed by atoms with van der Waals surface area (Å²) in [5, 5.41) is 0. The smallest absolute Gasteiger partial charge is 0.283 e. The number of sulfonamides is 1. The van der Waals surface area contributed by atoms with Crippen LogP contribution in [0.5, 0.6) is 11.5 Å². The molecule has 31 heavy (non-hydrogen) atoms. The number of rotatable bonds is 6. The molecule has 3 rings (SSSR count). The Bertz CT molecular complexity index is 1080. The summed E-state index contributed by atoms with van der Waals surface area (Å²) >= 11 is 0. The van der Waals surface area contributed by atoms with Crippen LogP contribution in [0.25, 0.3) is 0 Å². The number of para-hydroxylation sites is 2. The van der Waals surface area contributed by atoms with Crippen LogP contribution in [0.3, 0.4) is 0 Å². The predicted octanol–water partition coefficient (Wildman–Crippen LogP) is 1.27. The number of fused-ring (bicyclic) bond motifs is 1. The van der Waals surface area contributed by atoms with Gasteiger partial charge in [0.25, 0.3) is 5.91 Å². The van der Waals surface area contributed by atoms with Gasteiger partial charge in [0.2, 0.25) is 22.0 Å². The fraction of sp³-hybridized carbons (Fsp3) is 0.333. The number of benzene rings is 2. The number of aryl methyl sites for hydroxylation is 3. The first-order valence-electron chi connectivity index (χ1n) is 9.72. The molecule has 0 radical (unpaired) electrons. The molecule has 0 bridgehead atoms. The number of ether oxygens (including phenoxy) is 2. The number of hydrogen-bond acceptors (Lipinski definition) is 6. The molecule has 0 aliphatic carbocycles. The van der Waals surface area contributed by atoms with Crippen LogP contribution < -0.4 is 25.0 Å². The molecule has 1 aliphatic rings. The third-order valence-corrected chi connectivity index (χ3v) is 6.41. The number of amides is 2. The van der Waals surface area contributed by atoms with Crippen molar-refractivity contribution in [2.24, 2.45) is 0 Å². The van der Waals surface area contributed by atoms with E-state index < -0.39 is 27.9 Å². The average Bonchev–Trinajstić information content (AvgIpc) is 2.70. The SMILES string of the molecule is Cc1cc(C)c(S(=O)(=O)NCCC(=O)NNC(=O)C2COc3ccccc3O2)c(C)c1. The molecule has 1 atom stereocenters. The molecule has 2 aromatic carbocycles. The van der Waals surface area contributed by atoms with E-state index >= 15 is 0 Å². The summed E-state index contributed by atoms with van der Waals surface area (Å²) in [5.41, 5.74) is 6.76. The van der Waals surface area contributed by atoms with Crippen LogP contribution in [0.15, 0.2) is 41.3 Å². The Balaban J connectivity index is 1.46. The quantitative estimate of drug-likeness (QED) is 0.573. The zero-order valence-electron chi connectivity index (χ0n) is 17.5. The topological polar surface area (TPSA) is 123 Å². The Kier molecular flexibility index (Phi) is 6.81. The van der Waals surface area contributed by atoms with E-state index in [2.05, 4.69) is 15.6 Å². The van der Waals surface area contributed by atoms with Gasteiger partial charge in [-0.05, 0) is 44.0 Å². The van der Waals surface area contributed by atoms with E-state index in [1.54, 1.807) is 50.2 Å². The highest BCUT2D eigenvalue weighted by atomic mass is 32.2. The van der Waals surface area contributed by atoms with Gasteiger partial charge in [-0.25, -0.2) is 13.1 Å². The van der Waals surface area contributed by atoms with E-state index in [1.807, 2.05) is 6.92 Å². The van der Waals surface area contributed by atoms with Crippen LogP contribution in [-0.2, 0) is 19.6 Å². The fourth-order valence-electron chi connectivity index (χ4n) is 3.38. The molecular weight excluding hydrogens is 422 g/mol. The molecule has 2 amide bonds. The second-order valence-electron chi connectivity index (χ2n) is 7.28. The first-order chi connectivity index (χ1) is 14.7. The molecule has 3 N–H and O–H groups in total. The molecule has 0 saturated heterocycles. The first kappa shape index (κ1) is 22.6. The third-order valence-electron chi connectivity index (χ3n) is 4.64. The van der Waals surface area contributed by atoms with Crippen molar-refractivity contribution in [3.63, 3.8) is 0 Å². The summed E-state index contributed by atoms with van der Waals surface area (Å²) < 4.78 is 38.6. The van der Waals surface area contributed by atoms with Crippen LogP contribution in [0.1, 0.15) is 23.1 Å². The summed E-state index contributed by atoms with van der Waals surface area (Å²) in [5.74, 6) is -0.141. The maximum absolute atomic E-state index is 12.6. The molecule has 166 valence electrons. The molecule has 0 spiro atoms. The van der Waals surface area contributed by atoms with Crippen LogP contribution in [0, 0.1) is 20.8 Å². The second-order valence-corrected chi connectivity index (χ2v) is 8.98. The van der Waals surface area contributed by atoms with Gasteiger partial charge in [-0.2, -0.15) is 0 Å². The van der Waals surface area contributed by atoms with Gasteiger partial charge >= 0.3 is 0 Å². The molecule has 10 heteroatoms. The van der Waals surface area contributed by atoms with Crippen molar-refractivity contribution in [2.75, 3.05) is 13.2 Å². The summed E-state index contributed by atoms with van der Waals surface area (Å²) in [6, 6.07) is 10.5. The lowest BCUT2D eigenvalue weighted by Gasteiger charge is -2.25. The number of hydrogen-bond donors (Lipinski definition) is 3. The van der Waals surface area contributed by atoms with Crippen LogP contribution in [0.2, 0.25) is 0 Å². The van der Waals surface area contributed by atoms with Crippen LogP contribution in [0.4, 0.5) is 0 Å². The van der Waals surface area contributed by atoms with Crippen molar-refractivity contribution in [2.45, 2.75) is 38.2 Å². The second kappa shape index (κ2) is 9.36. The average molecular weight is 448 g/mol. The van der Waals surface area contributed by atoms with Gasteiger partial charge in [0, 0.05) is 13.0 Å². The van der Waals surface area contributed by atoms with Crippen molar-refractivity contribution >= 4 is 21.8 Å². The molecule has 1 heterocycles. The van der Waals surface area contributed by atoms with Gasteiger partial charge in [-0.1, -0.05) is 29.8 Å². The molecule has 1 aliphatic heterocycles. The Hall–Kier alpha value is -3.11. The molecule has 0 aromatic heterocycles. The largest absolute Gasteiger partial charge is 0.485 e. The Labute approximate surface area is 181 Å². The lowest BCUT2D eigenvalue weighted by atomic mass is 10.1. The summed E-state index contributed by atoms with van der Waals surface area (Å²) in [4.78, 5) is 24.4. The molecule has 2 aromatic rings. The minimum Gasteiger partial charge on any atom is -0.485 e. The maximum Gasteiger partial charge on any atom is 0.283 e.